The Labute approximate surface area is 54.7 Å². The van der Waals surface area contributed by atoms with Gasteiger partial charge in [0.15, 0.2) is 0 Å². The Hall–Kier alpha value is -0.120. The van der Waals surface area contributed by atoms with E-state index in [-0.39, 0.29) is 0 Å². The molecule has 0 aliphatic carbocycles. The van der Waals surface area contributed by atoms with Crippen molar-refractivity contribution in [2.75, 3.05) is 13.1 Å². The number of hydrogen-bond donors (Lipinski definition) is 3. The van der Waals surface area contributed by atoms with E-state index in [4.69, 9.17) is 0 Å². The molecule has 54 valence electrons. The van der Waals surface area contributed by atoms with E-state index in [0.29, 0.717) is 13.1 Å². The smallest absolute Gasteiger partial charge is 0.104 e. The van der Waals surface area contributed by atoms with E-state index >= 15 is 0 Å². The lowest BCUT2D eigenvalue weighted by Gasteiger charge is -2.29. The van der Waals surface area contributed by atoms with Gasteiger partial charge in [0, 0.05) is 13.1 Å². The van der Waals surface area contributed by atoms with Crippen molar-refractivity contribution < 1.29 is 10.2 Å². The summed E-state index contributed by atoms with van der Waals surface area (Å²) in [5, 5.41) is 21.7. The number of β-amino-alcohol motifs (C(OH)–C–C–N with tert-alkyl or cyclic N) is 2. The number of hydrogen-bond acceptors (Lipinski definition) is 3. The van der Waals surface area contributed by atoms with Gasteiger partial charge in [0.2, 0.25) is 0 Å². The maximum absolute atomic E-state index is 9.41. The van der Waals surface area contributed by atoms with Crippen LogP contribution in [0.3, 0.4) is 0 Å². The zero-order chi connectivity index (χ0) is 7.12. The zero-order valence-electron chi connectivity index (χ0n) is 5.81. The average molecular weight is 131 g/mol. The van der Waals surface area contributed by atoms with Crippen molar-refractivity contribution in [3.8, 4) is 0 Å². The second-order valence-corrected chi connectivity index (χ2v) is 3.15. The molecule has 1 saturated heterocycles. The molecule has 2 atom stereocenters. The Kier molecular flexibility index (Phi) is 1.31. The fourth-order valence-electron chi connectivity index (χ4n) is 0.930. The van der Waals surface area contributed by atoms with Crippen LogP contribution in [-0.2, 0) is 0 Å². The topological polar surface area (TPSA) is 52.5 Å². The van der Waals surface area contributed by atoms with E-state index in [1.54, 1.807) is 13.8 Å². The van der Waals surface area contributed by atoms with E-state index in [2.05, 4.69) is 5.32 Å². The highest BCUT2D eigenvalue weighted by Gasteiger charge is 2.45. The van der Waals surface area contributed by atoms with Crippen LogP contribution in [0, 0.1) is 0 Å². The van der Waals surface area contributed by atoms with Crippen LogP contribution in [0.1, 0.15) is 13.8 Å². The number of nitrogens with one attached hydrogen (secondary N) is 1. The molecular weight excluding hydrogens is 118 g/mol. The molecule has 0 bridgehead atoms. The molecule has 1 aliphatic heterocycles. The van der Waals surface area contributed by atoms with Crippen molar-refractivity contribution in [1.82, 2.24) is 5.32 Å². The van der Waals surface area contributed by atoms with Crippen molar-refractivity contribution >= 4 is 0 Å². The summed E-state index contributed by atoms with van der Waals surface area (Å²) in [6, 6.07) is 0. The van der Waals surface area contributed by atoms with Crippen molar-refractivity contribution in [3.63, 3.8) is 0 Å². The van der Waals surface area contributed by atoms with Crippen molar-refractivity contribution in [2.45, 2.75) is 25.0 Å². The molecule has 3 nitrogen and oxygen atoms in total. The molecule has 3 heteroatoms. The summed E-state index contributed by atoms with van der Waals surface area (Å²) in [7, 11) is 0. The summed E-state index contributed by atoms with van der Waals surface area (Å²) < 4.78 is 0. The Morgan fingerprint density at radius 1 is 1.11 bits per heavy atom. The largest absolute Gasteiger partial charge is 0.386 e. The maximum Gasteiger partial charge on any atom is 0.104 e. The molecule has 0 aromatic rings. The van der Waals surface area contributed by atoms with Crippen LogP contribution in [0.5, 0.6) is 0 Å². The molecule has 1 rings (SSSR count). The van der Waals surface area contributed by atoms with Crippen LogP contribution in [0.15, 0.2) is 0 Å². The highest BCUT2D eigenvalue weighted by molar-refractivity contribution is 5.02. The summed E-state index contributed by atoms with van der Waals surface area (Å²) >= 11 is 0. The first-order valence-electron chi connectivity index (χ1n) is 3.11. The third-order valence-electron chi connectivity index (χ3n) is 2.10. The molecule has 0 aromatic heterocycles. The van der Waals surface area contributed by atoms with E-state index in [0.717, 1.165) is 0 Å². The summed E-state index contributed by atoms with van der Waals surface area (Å²) in [4.78, 5) is 0. The van der Waals surface area contributed by atoms with E-state index in [1.807, 2.05) is 0 Å². The Morgan fingerprint density at radius 3 is 1.56 bits per heavy atom. The van der Waals surface area contributed by atoms with Gasteiger partial charge in [0.05, 0.1) is 0 Å². The predicted octanol–water partition coefficient (Wildman–Crippen LogP) is -0.908. The van der Waals surface area contributed by atoms with Gasteiger partial charge in [0.1, 0.15) is 11.2 Å². The lowest BCUT2D eigenvalue weighted by atomic mass is 9.90. The molecular formula is C6H13NO2. The Bertz CT molecular complexity index is 106. The van der Waals surface area contributed by atoms with Crippen LogP contribution in [0.4, 0.5) is 0 Å². The molecule has 9 heavy (non-hydrogen) atoms. The van der Waals surface area contributed by atoms with Gasteiger partial charge in [-0.2, -0.15) is 0 Å². The quantitative estimate of drug-likeness (QED) is 0.399. The summed E-state index contributed by atoms with van der Waals surface area (Å²) in [6.45, 7) is 4.21. The Morgan fingerprint density at radius 2 is 1.44 bits per heavy atom. The molecule has 0 saturated carbocycles. The van der Waals surface area contributed by atoms with Crippen molar-refractivity contribution in [3.05, 3.63) is 0 Å². The van der Waals surface area contributed by atoms with E-state index in [9.17, 15) is 10.2 Å². The van der Waals surface area contributed by atoms with E-state index < -0.39 is 11.2 Å². The van der Waals surface area contributed by atoms with Crippen LogP contribution in [0.25, 0.3) is 0 Å². The highest BCUT2D eigenvalue weighted by Crippen LogP contribution is 2.24. The minimum absolute atomic E-state index is 0.472. The predicted molar refractivity (Wildman–Crippen MR) is 34.1 cm³/mol. The second kappa shape index (κ2) is 1.68. The fourth-order valence-corrected chi connectivity index (χ4v) is 0.930. The monoisotopic (exact) mass is 131 g/mol. The fraction of sp³-hybridized carbons (Fsp3) is 1.00. The molecule has 2 unspecified atom stereocenters. The van der Waals surface area contributed by atoms with Crippen LogP contribution in [-0.4, -0.2) is 34.5 Å². The number of aliphatic hydroxyl groups is 2. The second-order valence-electron chi connectivity index (χ2n) is 3.15. The Balaban J connectivity index is 2.75. The molecule has 1 heterocycles. The summed E-state index contributed by atoms with van der Waals surface area (Å²) in [6.07, 6.45) is 0. The lowest BCUT2D eigenvalue weighted by Crippen LogP contribution is -2.48. The number of rotatable bonds is 0. The third-order valence-corrected chi connectivity index (χ3v) is 2.10. The maximum atomic E-state index is 9.41. The van der Waals surface area contributed by atoms with Crippen LogP contribution >= 0.6 is 0 Å². The first-order valence-corrected chi connectivity index (χ1v) is 3.11. The third kappa shape index (κ3) is 0.956. The molecule has 0 spiro atoms. The van der Waals surface area contributed by atoms with Gasteiger partial charge in [-0.1, -0.05) is 0 Å². The minimum Gasteiger partial charge on any atom is -0.386 e. The van der Waals surface area contributed by atoms with Gasteiger partial charge in [-0.05, 0) is 13.8 Å². The highest BCUT2D eigenvalue weighted by atomic mass is 16.4. The SMILES string of the molecule is CC1(O)CNCC1(C)O. The normalized spacial score (nSPS) is 52.0. The molecule has 1 fully saturated rings. The minimum atomic E-state index is -0.965. The van der Waals surface area contributed by atoms with Gasteiger partial charge in [-0.15, -0.1) is 0 Å². The van der Waals surface area contributed by atoms with Gasteiger partial charge < -0.3 is 15.5 Å². The molecule has 0 radical (unpaired) electrons. The van der Waals surface area contributed by atoms with Crippen LogP contribution in [0.2, 0.25) is 0 Å². The van der Waals surface area contributed by atoms with Crippen LogP contribution < -0.4 is 5.32 Å². The van der Waals surface area contributed by atoms with Gasteiger partial charge in [-0.3, -0.25) is 0 Å². The molecule has 0 amide bonds. The molecule has 0 aromatic carbocycles. The summed E-state index contributed by atoms with van der Waals surface area (Å²) in [5.41, 5.74) is -1.93. The summed E-state index contributed by atoms with van der Waals surface area (Å²) in [5.74, 6) is 0. The van der Waals surface area contributed by atoms with Gasteiger partial charge in [0.25, 0.3) is 0 Å². The van der Waals surface area contributed by atoms with Crippen molar-refractivity contribution in [2.24, 2.45) is 0 Å². The van der Waals surface area contributed by atoms with Crippen molar-refractivity contribution in [1.29, 1.82) is 0 Å². The lowest BCUT2D eigenvalue weighted by molar-refractivity contribution is -0.0935. The average Bonchev–Trinajstić information content (AvgIpc) is 1.81. The van der Waals surface area contributed by atoms with Gasteiger partial charge in [-0.25, -0.2) is 0 Å². The van der Waals surface area contributed by atoms with E-state index in [1.165, 1.54) is 0 Å². The first kappa shape index (κ1) is 6.99. The standard InChI is InChI=1S/C6H13NO2/c1-5(8)3-7-4-6(5,2)9/h7-9H,3-4H2,1-2H3. The first-order chi connectivity index (χ1) is 3.96. The molecule has 3 N–H and O–H groups in total. The van der Waals surface area contributed by atoms with Gasteiger partial charge >= 0.3 is 0 Å². The molecule has 1 aliphatic rings. The zero-order valence-corrected chi connectivity index (χ0v) is 5.81.